The Morgan fingerprint density at radius 3 is 2.57 bits per heavy atom. The summed E-state index contributed by atoms with van der Waals surface area (Å²) in [7, 11) is -3.60. The molecule has 0 aliphatic carbocycles. The second-order valence-electron chi connectivity index (χ2n) is 4.81. The highest BCUT2D eigenvalue weighted by atomic mass is 79.9. The predicted octanol–water partition coefficient (Wildman–Crippen LogP) is 2.99. The summed E-state index contributed by atoms with van der Waals surface area (Å²) in [5, 5.41) is 9.70. The van der Waals surface area contributed by atoms with E-state index in [0.29, 0.717) is 28.5 Å². The lowest BCUT2D eigenvalue weighted by molar-refractivity contribution is 0.390. The van der Waals surface area contributed by atoms with E-state index in [2.05, 4.69) is 36.8 Å². The largest absolute Gasteiger partial charge is 0.506 e. The number of hydrogen-bond acceptors (Lipinski definition) is 3. The molecule has 2 aromatic rings. The van der Waals surface area contributed by atoms with Crippen molar-refractivity contribution in [3.63, 3.8) is 0 Å². The summed E-state index contributed by atoms with van der Waals surface area (Å²) >= 11 is 6.33. The third-order valence-corrected chi connectivity index (χ3v) is 6.55. The lowest BCUT2D eigenvalue weighted by Gasteiger charge is -2.26. The van der Waals surface area contributed by atoms with E-state index in [4.69, 9.17) is 0 Å². The number of hydrogen-bond donors (Lipinski definition) is 2. The average molecular weight is 436 g/mol. The zero-order chi connectivity index (χ0) is 15.2. The van der Waals surface area contributed by atoms with Gasteiger partial charge in [-0.3, -0.25) is 0 Å². The van der Waals surface area contributed by atoms with Gasteiger partial charge in [0.2, 0.25) is 10.0 Å². The topological polar surface area (TPSA) is 73.4 Å². The number of phenols is 1. The Morgan fingerprint density at radius 1 is 1.24 bits per heavy atom. The summed E-state index contributed by atoms with van der Waals surface area (Å²) in [6.45, 7) is 0.795. The number of aromatic nitrogens is 1. The zero-order valence-electron chi connectivity index (χ0n) is 10.8. The van der Waals surface area contributed by atoms with Crippen LogP contribution in [0.5, 0.6) is 5.75 Å². The maximum absolute atomic E-state index is 12.7. The van der Waals surface area contributed by atoms with Gasteiger partial charge in [-0.1, -0.05) is 0 Å². The van der Waals surface area contributed by atoms with Crippen LogP contribution >= 0.6 is 31.9 Å². The SMILES string of the molecule is O=S(=O)(c1cc(Br)c(O)c(Br)c1)N1CCc2[nH]ccc2C1. The quantitative estimate of drug-likeness (QED) is 0.761. The third-order valence-electron chi connectivity index (χ3n) is 3.52. The maximum Gasteiger partial charge on any atom is 0.243 e. The number of phenolic OH excluding ortho intramolecular Hbond substituents is 1. The molecule has 0 unspecified atom stereocenters. The van der Waals surface area contributed by atoms with Gasteiger partial charge in [-0.05, 0) is 55.6 Å². The molecule has 0 spiro atoms. The molecule has 0 radical (unpaired) electrons. The number of aromatic amines is 1. The number of nitrogens with zero attached hydrogens (tertiary/aromatic N) is 1. The first-order valence-corrected chi connectivity index (χ1v) is 9.25. The van der Waals surface area contributed by atoms with Gasteiger partial charge in [0, 0.05) is 31.4 Å². The molecule has 0 saturated heterocycles. The number of nitrogens with one attached hydrogen (secondary N) is 1. The van der Waals surface area contributed by atoms with Crippen LogP contribution in [0.4, 0.5) is 0 Å². The van der Waals surface area contributed by atoms with Crippen LogP contribution in [-0.2, 0) is 23.0 Å². The van der Waals surface area contributed by atoms with E-state index >= 15 is 0 Å². The Balaban J connectivity index is 1.98. The molecule has 21 heavy (non-hydrogen) atoms. The number of rotatable bonds is 2. The van der Waals surface area contributed by atoms with Crippen molar-refractivity contribution in [3.05, 3.63) is 44.6 Å². The van der Waals surface area contributed by atoms with Gasteiger partial charge in [0.25, 0.3) is 0 Å². The molecular formula is C13H12Br2N2O3S. The van der Waals surface area contributed by atoms with Crippen LogP contribution in [0, 0.1) is 0 Å². The van der Waals surface area contributed by atoms with Crippen LogP contribution in [-0.4, -0.2) is 29.4 Å². The lowest BCUT2D eigenvalue weighted by Crippen LogP contribution is -2.35. The van der Waals surface area contributed by atoms with Gasteiger partial charge in [0.1, 0.15) is 5.75 Å². The minimum Gasteiger partial charge on any atom is -0.506 e. The Morgan fingerprint density at radius 2 is 1.90 bits per heavy atom. The molecule has 0 bridgehead atoms. The van der Waals surface area contributed by atoms with Crippen LogP contribution in [0.2, 0.25) is 0 Å². The van der Waals surface area contributed by atoms with E-state index in [9.17, 15) is 13.5 Å². The number of sulfonamides is 1. The van der Waals surface area contributed by atoms with Crippen LogP contribution in [0.15, 0.2) is 38.2 Å². The van der Waals surface area contributed by atoms with Gasteiger partial charge in [-0.2, -0.15) is 4.31 Å². The molecule has 2 heterocycles. The van der Waals surface area contributed by atoms with E-state index in [1.54, 1.807) is 0 Å². The first-order valence-electron chi connectivity index (χ1n) is 6.23. The molecule has 112 valence electrons. The Kier molecular flexibility index (Phi) is 3.89. The summed E-state index contributed by atoms with van der Waals surface area (Å²) < 4.78 is 27.6. The van der Waals surface area contributed by atoms with Crippen LogP contribution in [0.25, 0.3) is 0 Å². The lowest BCUT2D eigenvalue weighted by atomic mass is 10.1. The van der Waals surface area contributed by atoms with Gasteiger partial charge in [0.15, 0.2) is 0 Å². The van der Waals surface area contributed by atoms with E-state index in [1.165, 1.54) is 16.4 Å². The minimum atomic E-state index is -3.60. The first-order chi connectivity index (χ1) is 9.89. The summed E-state index contributed by atoms with van der Waals surface area (Å²) in [5.41, 5.74) is 2.09. The normalized spacial score (nSPS) is 15.9. The van der Waals surface area contributed by atoms with Crippen molar-refractivity contribution in [2.45, 2.75) is 17.9 Å². The Bertz CT molecular complexity index is 778. The molecule has 0 amide bonds. The molecule has 1 aliphatic heterocycles. The summed E-state index contributed by atoms with van der Waals surface area (Å²) in [6, 6.07) is 4.74. The van der Waals surface area contributed by atoms with Gasteiger partial charge in [-0.25, -0.2) is 8.42 Å². The molecule has 0 atom stereocenters. The molecule has 1 aromatic heterocycles. The van der Waals surface area contributed by atoms with Crippen LogP contribution in [0.3, 0.4) is 0 Å². The van der Waals surface area contributed by atoms with Crippen molar-refractivity contribution in [2.75, 3.05) is 6.54 Å². The van der Waals surface area contributed by atoms with E-state index in [-0.39, 0.29) is 10.6 Å². The fraction of sp³-hybridized carbons (Fsp3) is 0.231. The van der Waals surface area contributed by atoms with Gasteiger partial charge in [0.05, 0.1) is 13.8 Å². The van der Waals surface area contributed by atoms with Crippen molar-refractivity contribution in [3.8, 4) is 5.75 Å². The molecule has 3 rings (SSSR count). The molecule has 2 N–H and O–H groups in total. The fourth-order valence-corrected chi connectivity index (χ4v) is 5.33. The smallest absolute Gasteiger partial charge is 0.243 e. The number of aromatic hydroxyl groups is 1. The zero-order valence-corrected chi connectivity index (χ0v) is 14.8. The first kappa shape index (κ1) is 15.1. The third kappa shape index (κ3) is 2.65. The van der Waals surface area contributed by atoms with Crippen molar-refractivity contribution >= 4 is 41.9 Å². The molecule has 0 saturated carbocycles. The van der Waals surface area contributed by atoms with Crippen LogP contribution < -0.4 is 0 Å². The van der Waals surface area contributed by atoms with Crippen molar-refractivity contribution in [1.29, 1.82) is 0 Å². The number of H-pyrrole nitrogens is 1. The molecular weight excluding hydrogens is 424 g/mol. The molecule has 1 aromatic carbocycles. The summed E-state index contributed by atoms with van der Waals surface area (Å²) in [6.07, 6.45) is 2.50. The Labute approximate surface area is 139 Å². The number of benzene rings is 1. The van der Waals surface area contributed by atoms with Crippen LogP contribution in [0.1, 0.15) is 11.3 Å². The van der Waals surface area contributed by atoms with Gasteiger partial charge < -0.3 is 10.1 Å². The molecule has 5 nitrogen and oxygen atoms in total. The summed E-state index contributed by atoms with van der Waals surface area (Å²) in [5.74, 6) is -0.0134. The Hall–Kier alpha value is -0.830. The second kappa shape index (κ2) is 5.42. The molecule has 8 heteroatoms. The number of fused-ring (bicyclic) bond motifs is 1. The average Bonchev–Trinajstić information content (AvgIpc) is 2.91. The van der Waals surface area contributed by atoms with E-state index < -0.39 is 10.0 Å². The standard InChI is InChI=1S/C13H12Br2N2O3S/c14-10-5-9(6-11(15)13(10)18)21(19,20)17-4-2-12-8(7-17)1-3-16-12/h1,3,5-6,16,18H,2,4,7H2. The van der Waals surface area contributed by atoms with E-state index in [1.807, 2.05) is 12.3 Å². The van der Waals surface area contributed by atoms with Crippen molar-refractivity contribution < 1.29 is 13.5 Å². The second-order valence-corrected chi connectivity index (χ2v) is 8.45. The summed E-state index contributed by atoms with van der Waals surface area (Å²) in [4.78, 5) is 3.28. The van der Waals surface area contributed by atoms with Gasteiger partial charge >= 0.3 is 0 Å². The van der Waals surface area contributed by atoms with Gasteiger partial charge in [-0.15, -0.1) is 0 Å². The number of halogens is 2. The fourth-order valence-electron chi connectivity index (χ4n) is 2.37. The minimum absolute atomic E-state index is 0.0134. The highest BCUT2D eigenvalue weighted by Gasteiger charge is 2.29. The van der Waals surface area contributed by atoms with Crippen molar-refractivity contribution in [1.82, 2.24) is 9.29 Å². The highest BCUT2D eigenvalue weighted by Crippen LogP contribution is 2.36. The molecule has 0 fully saturated rings. The molecule has 1 aliphatic rings. The van der Waals surface area contributed by atoms with Crippen molar-refractivity contribution in [2.24, 2.45) is 0 Å². The highest BCUT2D eigenvalue weighted by molar-refractivity contribution is 9.11. The monoisotopic (exact) mass is 434 g/mol. The predicted molar refractivity (Wildman–Crippen MR) is 85.6 cm³/mol. The van der Waals surface area contributed by atoms with E-state index in [0.717, 1.165) is 11.3 Å². The maximum atomic E-state index is 12.7.